The van der Waals surface area contributed by atoms with Crippen molar-refractivity contribution >= 4 is 17.8 Å². The summed E-state index contributed by atoms with van der Waals surface area (Å²) in [4.78, 5) is 41.5. The first-order chi connectivity index (χ1) is 20.9. The number of allylic oxidation sites excluding steroid dienone is 2. The minimum absolute atomic E-state index is 0.0427. The molecule has 7 nitrogen and oxygen atoms in total. The lowest BCUT2D eigenvalue weighted by Gasteiger charge is -2.25. The monoisotopic (exact) mass is 582 g/mol. The van der Waals surface area contributed by atoms with E-state index in [1.165, 1.54) is 0 Å². The lowest BCUT2D eigenvalue weighted by Crippen LogP contribution is -2.39. The van der Waals surface area contributed by atoms with Crippen LogP contribution in [0.15, 0.2) is 116 Å². The molecule has 0 bridgehead atoms. The highest BCUT2D eigenvalue weighted by molar-refractivity contribution is 5.86. The fourth-order valence-electron chi connectivity index (χ4n) is 4.87. The molecule has 2 N–H and O–H groups in total. The van der Waals surface area contributed by atoms with Crippen molar-refractivity contribution in [3.8, 4) is 0 Å². The van der Waals surface area contributed by atoms with Crippen molar-refractivity contribution in [1.82, 2.24) is 10.2 Å². The van der Waals surface area contributed by atoms with E-state index >= 15 is 0 Å². The number of esters is 1. The third-order valence-electron chi connectivity index (χ3n) is 7.18. The number of carbonyl (C=O) groups excluding carboxylic acids is 3. The lowest BCUT2D eigenvalue weighted by molar-refractivity contribution is -0.154. The zero-order chi connectivity index (χ0) is 30.9. The average molecular weight is 583 g/mol. The van der Waals surface area contributed by atoms with Gasteiger partial charge in [-0.05, 0) is 36.0 Å². The fraction of sp³-hybridized carbons (Fsp3) is 0.306. The summed E-state index contributed by atoms with van der Waals surface area (Å²) in [7, 11) is 0. The number of carbonyl (C=O) groups is 3. The van der Waals surface area contributed by atoms with Gasteiger partial charge < -0.3 is 20.1 Å². The van der Waals surface area contributed by atoms with Crippen LogP contribution in [-0.4, -0.2) is 47.5 Å². The van der Waals surface area contributed by atoms with Gasteiger partial charge in [0.15, 0.2) is 0 Å². The minimum Gasteiger partial charge on any atom is -0.455 e. The van der Waals surface area contributed by atoms with E-state index in [1.807, 2.05) is 91.0 Å². The van der Waals surface area contributed by atoms with Crippen LogP contribution in [0.3, 0.4) is 0 Å². The number of ether oxygens (including phenoxy) is 1. The molecular formula is C36H42N2O5. The van der Waals surface area contributed by atoms with Crippen molar-refractivity contribution in [3.63, 3.8) is 0 Å². The van der Waals surface area contributed by atoms with Crippen molar-refractivity contribution in [3.05, 3.63) is 133 Å². The first kappa shape index (κ1) is 33.0. The van der Waals surface area contributed by atoms with Gasteiger partial charge in [-0.1, -0.05) is 103 Å². The first-order valence-corrected chi connectivity index (χ1v) is 14.7. The van der Waals surface area contributed by atoms with E-state index in [1.54, 1.807) is 17.1 Å². The zero-order valence-electron chi connectivity index (χ0n) is 24.6. The van der Waals surface area contributed by atoms with E-state index in [9.17, 15) is 19.5 Å². The van der Waals surface area contributed by atoms with Crippen molar-refractivity contribution in [2.24, 2.45) is 11.8 Å². The molecule has 0 aromatic heterocycles. The molecule has 0 radical (unpaired) electrons. The smallest absolute Gasteiger partial charge is 0.310 e. The molecule has 43 heavy (non-hydrogen) atoms. The number of rotatable bonds is 18. The Kier molecular flexibility index (Phi) is 13.9. The Labute approximate surface area is 254 Å². The quantitative estimate of drug-likeness (QED) is 0.154. The number of hydrogen-bond donors (Lipinski definition) is 2. The van der Waals surface area contributed by atoms with Gasteiger partial charge in [-0.15, -0.1) is 13.2 Å². The molecule has 3 aromatic rings. The maximum atomic E-state index is 13.4. The maximum Gasteiger partial charge on any atom is 0.310 e. The van der Waals surface area contributed by atoms with Crippen LogP contribution >= 0.6 is 0 Å². The van der Waals surface area contributed by atoms with Crippen LogP contribution in [-0.2, 0) is 32.1 Å². The van der Waals surface area contributed by atoms with Gasteiger partial charge in [-0.25, -0.2) is 0 Å². The van der Waals surface area contributed by atoms with Gasteiger partial charge in [0.05, 0.1) is 25.0 Å². The Bertz CT molecular complexity index is 1300. The number of nitrogens with zero attached hydrogens (tertiary/aromatic N) is 1. The van der Waals surface area contributed by atoms with Crippen LogP contribution in [0.25, 0.3) is 0 Å². The Morgan fingerprint density at radius 2 is 1.37 bits per heavy atom. The molecule has 0 aliphatic rings. The van der Waals surface area contributed by atoms with Gasteiger partial charge >= 0.3 is 5.97 Å². The normalized spacial score (nSPS) is 12.8. The molecule has 3 aromatic carbocycles. The number of hydrogen-bond acceptors (Lipinski definition) is 5. The largest absolute Gasteiger partial charge is 0.455 e. The van der Waals surface area contributed by atoms with Gasteiger partial charge in [-0.3, -0.25) is 14.4 Å². The van der Waals surface area contributed by atoms with E-state index in [-0.39, 0.29) is 43.9 Å². The summed E-state index contributed by atoms with van der Waals surface area (Å²) in [6.45, 7) is 7.95. The Morgan fingerprint density at radius 1 is 0.814 bits per heavy atom. The van der Waals surface area contributed by atoms with Crippen LogP contribution < -0.4 is 5.32 Å². The Balaban J connectivity index is 1.69. The first-order valence-electron chi connectivity index (χ1n) is 14.7. The second-order valence-electron chi connectivity index (χ2n) is 10.4. The topological polar surface area (TPSA) is 95.9 Å². The number of nitrogens with one attached hydrogen (secondary N) is 1. The predicted octanol–water partition coefficient (Wildman–Crippen LogP) is 5.43. The van der Waals surface area contributed by atoms with E-state index < -0.39 is 17.9 Å². The molecule has 0 saturated carbocycles. The zero-order valence-corrected chi connectivity index (χ0v) is 24.6. The minimum atomic E-state index is -0.718. The van der Waals surface area contributed by atoms with E-state index in [0.29, 0.717) is 25.8 Å². The van der Waals surface area contributed by atoms with Crippen molar-refractivity contribution in [2.75, 3.05) is 19.7 Å². The molecule has 0 heterocycles. The fourth-order valence-corrected chi connectivity index (χ4v) is 4.87. The number of benzene rings is 3. The van der Waals surface area contributed by atoms with Crippen LogP contribution in [0.4, 0.5) is 0 Å². The predicted molar refractivity (Wildman–Crippen MR) is 169 cm³/mol. The van der Waals surface area contributed by atoms with Gasteiger partial charge in [0, 0.05) is 19.5 Å². The van der Waals surface area contributed by atoms with Gasteiger partial charge in [-0.2, -0.15) is 0 Å². The summed E-state index contributed by atoms with van der Waals surface area (Å²) in [5.41, 5.74) is 2.71. The van der Waals surface area contributed by atoms with Crippen molar-refractivity contribution in [1.29, 1.82) is 0 Å². The summed E-state index contributed by atoms with van der Waals surface area (Å²) in [6.07, 6.45) is 3.83. The SMILES string of the molecule is C=CC[C@@H](CC(=O)N(CCO)Cc1ccccc1)C(=O)NC[C@@H](OC(=O)[C@@H](CC=C)Cc1ccccc1)c1ccccc1. The van der Waals surface area contributed by atoms with Gasteiger partial charge in [0.25, 0.3) is 0 Å². The number of aliphatic hydroxyl groups is 1. The third kappa shape index (κ3) is 11.0. The Morgan fingerprint density at radius 3 is 1.95 bits per heavy atom. The molecule has 0 fully saturated rings. The molecule has 0 spiro atoms. The summed E-state index contributed by atoms with van der Waals surface area (Å²) in [6, 6.07) is 28.5. The van der Waals surface area contributed by atoms with Gasteiger partial charge in [0.1, 0.15) is 6.10 Å². The van der Waals surface area contributed by atoms with E-state index in [2.05, 4.69) is 18.5 Å². The molecule has 226 valence electrons. The summed E-state index contributed by atoms with van der Waals surface area (Å²) < 4.78 is 6.01. The van der Waals surface area contributed by atoms with Crippen LogP contribution in [0.5, 0.6) is 0 Å². The van der Waals surface area contributed by atoms with E-state index in [4.69, 9.17) is 4.74 Å². The maximum absolute atomic E-state index is 13.4. The molecule has 0 aliphatic carbocycles. The second kappa shape index (κ2) is 18.1. The molecule has 0 unspecified atom stereocenters. The van der Waals surface area contributed by atoms with Crippen LogP contribution in [0.2, 0.25) is 0 Å². The Hall–Kier alpha value is -4.49. The number of amides is 2. The molecule has 2 amide bonds. The third-order valence-corrected chi connectivity index (χ3v) is 7.18. The average Bonchev–Trinajstić information content (AvgIpc) is 3.03. The van der Waals surface area contributed by atoms with Crippen molar-refractivity contribution < 1.29 is 24.2 Å². The molecular weight excluding hydrogens is 540 g/mol. The summed E-state index contributed by atoms with van der Waals surface area (Å²) in [5.74, 6) is -2.03. The second-order valence-corrected chi connectivity index (χ2v) is 10.4. The molecule has 0 saturated heterocycles. The lowest BCUT2D eigenvalue weighted by atomic mass is 9.96. The van der Waals surface area contributed by atoms with Gasteiger partial charge in [0.2, 0.25) is 11.8 Å². The highest BCUT2D eigenvalue weighted by Gasteiger charge is 2.27. The summed E-state index contributed by atoms with van der Waals surface area (Å²) >= 11 is 0. The molecule has 0 aliphatic heterocycles. The number of aliphatic hydroxyl groups excluding tert-OH is 1. The van der Waals surface area contributed by atoms with E-state index in [0.717, 1.165) is 16.7 Å². The molecule has 3 rings (SSSR count). The highest BCUT2D eigenvalue weighted by atomic mass is 16.5. The van der Waals surface area contributed by atoms with Crippen LogP contribution in [0.1, 0.15) is 42.1 Å². The standard InChI is InChI=1S/C36H42N2O5/c1-3-14-31(25-34(40)38(22-23-39)27-29-18-10-6-11-19-29)35(41)37-26-33(30-20-12-7-13-21-30)43-36(42)32(15-4-2)24-28-16-8-5-9-17-28/h3-13,16-21,31-33,39H,1-2,14-15,22-27H2,(H,37,41)/t31-,32-,33+/m0/s1. The highest BCUT2D eigenvalue weighted by Crippen LogP contribution is 2.23. The molecule has 3 atom stereocenters. The van der Waals surface area contributed by atoms with Crippen molar-refractivity contribution in [2.45, 2.75) is 38.3 Å². The summed E-state index contributed by atoms with van der Waals surface area (Å²) in [5, 5.41) is 12.5. The van der Waals surface area contributed by atoms with Crippen LogP contribution in [0, 0.1) is 11.8 Å². The molecule has 7 heteroatoms.